The van der Waals surface area contributed by atoms with Crippen molar-refractivity contribution in [3.8, 4) is 11.5 Å². The van der Waals surface area contributed by atoms with Crippen molar-refractivity contribution in [2.75, 3.05) is 4.72 Å². The fourth-order valence-electron chi connectivity index (χ4n) is 2.84. The predicted octanol–water partition coefficient (Wildman–Crippen LogP) is 7.48. The number of nitrogens with zero attached hydrogens (tertiary/aromatic N) is 1. The first-order valence-corrected chi connectivity index (χ1v) is 11.6. The number of anilines is 1. The summed E-state index contributed by atoms with van der Waals surface area (Å²) in [6.07, 6.45) is -4.67. The van der Waals surface area contributed by atoms with Crippen LogP contribution in [-0.4, -0.2) is 13.3 Å². The first-order valence-electron chi connectivity index (χ1n) is 9.01. The smallest absolute Gasteiger partial charge is 0.416 e. The van der Waals surface area contributed by atoms with E-state index in [1.165, 1.54) is 12.1 Å². The lowest BCUT2D eigenvalue weighted by Gasteiger charge is -2.16. The van der Waals surface area contributed by atoms with Crippen molar-refractivity contribution < 1.29 is 31.2 Å². The van der Waals surface area contributed by atoms with Crippen molar-refractivity contribution in [2.45, 2.75) is 18.0 Å². The van der Waals surface area contributed by atoms with E-state index in [4.69, 9.17) is 39.5 Å². The number of benzene rings is 3. The number of halogens is 6. The summed E-state index contributed by atoms with van der Waals surface area (Å²) in [6.45, 7) is 1.13. The van der Waals surface area contributed by atoms with Crippen LogP contribution in [0.15, 0.2) is 53.4 Å². The average Bonchev–Trinajstić information content (AvgIpc) is 2.71. The van der Waals surface area contributed by atoms with Crippen LogP contribution in [0.1, 0.15) is 11.1 Å². The third-order valence-electron chi connectivity index (χ3n) is 4.50. The molecule has 0 radical (unpaired) electrons. The molecule has 0 aliphatic rings. The van der Waals surface area contributed by atoms with E-state index >= 15 is 0 Å². The molecule has 0 amide bonds. The van der Waals surface area contributed by atoms with Gasteiger partial charge < -0.3 is 4.74 Å². The molecule has 0 bridgehead atoms. The van der Waals surface area contributed by atoms with Gasteiger partial charge in [-0.2, -0.15) is 13.2 Å². The minimum absolute atomic E-state index is 0.0376. The van der Waals surface area contributed by atoms with Crippen molar-refractivity contribution in [1.29, 1.82) is 0 Å². The van der Waals surface area contributed by atoms with Crippen LogP contribution in [0.3, 0.4) is 0 Å². The molecule has 0 aromatic heterocycles. The third-order valence-corrected chi connectivity index (χ3v) is 6.71. The largest absolute Gasteiger partial charge is 0.453 e. The van der Waals surface area contributed by atoms with E-state index in [-0.39, 0.29) is 43.5 Å². The molecule has 3 rings (SSSR count). The lowest BCUT2D eigenvalue weighted by molar-refractivity contribution is -0.384. The Kier molecular flexibility index (Phi) is 7.23. The normalized spacial score (nSPS) is 11.9. The second kappa shape index (κ2) is 9.49. The number of hydrogen-bond acceptors (Lipinski definition) is 5. The number of rotatable bonds is 6. The van der Waals surface area contributed by atoms with Gasteiger partial charge in [-0.05, 0) is 42.8 Å². The zero-order chi connectivity index (χ0) is 25.4. The Hall–Kier alpha value is -2.73. The molecule has 0 fully saturated rings. The highest BCUT2D eigenvalue weighted by Crippen LogP contribution is 2.41. The van der Waals surface area contributed by atoms with Gasteiger partial charge in [-0.25, -0.2) is 8.42 Å². The van der Waals surface area contributed by atoms with Gasteiger partial charge >= 0.3 is 6.18 Å². The Bertz CT molecular complexity index is 1380. The van der Waals surface area contributed by atoms with Crippen LogP contribution in [0.2, 0.25) is 15.1 Å². The van der Waals surface area contributed by atoms with Gasteiger partial charge in [0.05, 0.1) is 36.1 Å². The van der Waals surface area contributed by atoms with E-state index in [1.807, 2.05) is 0 Å². The molecule has 0 saturated heterocycles. The monoisotopic (exact) mass is 554 g/mol. The Morgan fingerprint density at radius 1 is 1.00 bits per heavy atom. The molecule has 0 heterocycles. The molecule has 0 saturated carbocycles. The van der Waals surface area contributed by atoms with Gasteiger partial charge in [0.25, 0.3) is 15.7 Å². The second-order valence-electron chi connectivity index (χ2n) is 6.77. The molecule has 0 aliphatic heterocycles. The van der Waals surface area contributed by atoms with Gasteiger partial charge in [-0.15, -0.1) is 0 Å². The van der Waals surface area contributed by atoms with Gasteiger partial charge in [0.2, 0.25) is 0 Å². The van der Waals surface area contributed by atoms with Gasteiger partial charge in [0, 0.05) is 12.1 Å². The minimum atomic E-state index is -4.67. The van der Waals surface area contributed by atoms with E-state index in [2.05, 4.69) is 4.72 Å². The van der Waals surface area contributed by atoms with Crippen molar-refractivity contribution >= 4 is 56.2 Å². The van der Waals surface area contributed by atoms with Crippen LogP contribution in [-0.2, 0) is 16.2 Å². The van der Waals surface area contributed by atoms with E-state index in [0.29, 0.717) is 0 Å². The highest BCUT2D eigenvalue weighted by Gasteiger charge is 2.33. The zero-order valence-electron chi connectivity index (χ0n) is 16.8. The fourth-order valence-corrected chi connectivity index (χ4v) is 4.92. The lowest BCUT2D eigenvalue weighted by Crippen LogP contribution is -2.16. The van der Waals surface area contributed by atoms with Gasteiger partial charge in [0.15, 0.2) is 5.75 Å². The summed E-state index contributed by atoms with van der Waals surface area (Å²) in [7, 11) is -4.40. The number of nitro benzene ring substituents is 1. The Morgan fingerprint density at radius 2 is 1.62 bits per heavy atom. The molecule has 14 heteroatoms. The Labute approximate surface area is 206 Å². The third kappa shape index (κ3) is 5.49. The van der Waals surface area contributed by atoms with Crippen LogP contribution >= 0.6 is 34.8 Å². The SMILES string of the molecule is Cc1c(NS(=O)(=O)c2cc(Cl)c(Oc3ccc([N+](=O)[O-])cc3Cl)c(Cl)c2)cccc1C(F)(F)F. The number of hydrogen-bond donors (Lipinski definition) is 1. The van der Waals surface area contributed by atoms with Crippen LogP contribution in [0.4, 0.5) is 24.5 Å². The van der Waals surface area contributed by atoms with Crippen LogP contribution in [0.5, 0.6) is 11.5 Å². The molecule has 0 aliphatic carbocycles. The van der Waals surface area contributed by atoms with Crippen LogP contribution in [0, 0.1) is 17.0 Å². The van der Waals surface area contributed by atoms with E-state index < -0.39 is 31.6 Å². The van der Waals surface area contributed by atoms with E-state index in [9.17, 15) is 31.7 Å². The lowest BCUT2D eigenvalue weighted by atomic mass is 10.1. The molecule has 0 spiro atoms. The maximum atomic E-state index is 13.1. The summed E-state index contributed by atoms with van der Waals surface area (Å²) in [4.78, 5) is 9.73. The summed E-state index contributed by atoms with van der Waals surface area (Å²) in [5.41, 5.74) is -1.87. The molecule has 3 aromatic rings. The van der Waals surface area contributed by atoms with Crippen molar-refractivity contribution in [2.24, 2.45) is 0 Å². The Balaban J connectivity index is 1.94. The molecule has 34 heavy (non-hydrogen) atoms. The molecule has 0 unspecified atom stereocenters. The van der Waals surface area contributed by atoms with Crippen molar-refractivity contribution in [3.63, 3.8) is 0 Å². The topological polar surface area (TPSA) is 98.5 Å². The average molecular weight is 556 g/mol. The zero-order valence-corrected chi connectivity index (χ0v) is 19.9. The number of alkyl halides is 3. The number of nitrogens with one attached hydrogen (secondary N) is 1. The molecular weight excluding hydrogens is 544 g/mol. The molecule has 7 nitrogen and oxygen atoms in total. The number of non-ortho nitro benzene ring substituents is 1. The van der Waals surface area contributed by atoms with E-state index in [0.717, 1.165) is 43.3 Å². The number of ether oxygens (including phenoxy) is 1. The van der Waals surface area contributed by atoms with Crippen LogP contribution < -0.4 is 9.46 Å². The fraction of sp³-hybridized carbons (Fsp3) is 0.100. The van der Waals surface area contributed by atoms with E-state index in [1.54, 1.807) is 0 Å². The highest BCUT2D eigenvalue weighted by atomic mass is 35.5. The summed E-state index contributed by atoms with van der Waals surface area (Å²) >= 11 is 18.3. The number of sulfonamides is 1. The molecule has 1 N–H and O–H groups in total. The molecular formula is C20H12Cl3F3N2O5S. The van der Waals surface area contributed by atoms with Gasteiger partial charge in [-0.3, -0.25) is 14.8 Å². The number of nitro groups is 1. The summed E-state index contributed by atoms with van der Waals surface area (Å²) in [5, 5.41) is 10.2. The minimum Gasteiger partial charge on any atom is -0.453 e. The summed E-state index contributed by atoms with van der Waals surface area (Å²) < 4.78 is 72.6. The van der Waals surface area contributed by atoms with Crippen molar-refractivity contribution in [1.82, 2.24) is 0 Å². The molecule has 3 aromatic carbocycles. The quantitative estimate of drug-likeness (QED) is 0.251. The second-order valence-corrected chi connectivity index (χ2v) is 9.68. The standard InChI is InChI=1S/C20H12Cl3F3N2O5S/c1-10-13(20(24,25)26)3-2-4-17(10)27-34(31,32)12-8-15(22)19(16(23)9-12)33-18-6-5-11(28(29)30)7-14(18)21/h2-9,27H,1H3. The molecule has 180 valence electrons. The van der Waals surface area contributed by atoms with Crippen molar-refractivity contribution in [3.05, 3.63) is 84.8 Å². The predicted molar refractivity (Wildman–Crippen MR) is 122 cm³/mol. The first-order chi connectivity index (χ1) is 15.7. The Morgan fingerprint density at radius 3 is 2.15 bits per heavy atom. The highest BCUT2D eigenvalue weighted by molar-refractivity contribution is 7.92. The van der Waals surface area contributed by atoms with Gasteiger partial charge in [-0.1, -0.05) is 40.9 Å². The summed E-state index contributed by atoms with van der Waals surface area (Å²) in [6, 6.07) is 8.41. The van der Waals surface area contributed by atoms with Crippen LogP contribution in [0.25, 0.3) is 0 Å². The molecule has 0 atom stereocenters. The first kappa shape index (κ1) is 25.9. The summed E-state index contributed by atoms with van der Waals surface area (Å²) in [5.74, 6) is -0.224. The maximum Gasteiger partial charge on any atom is 0.416 e. The van der Waals surface area contributed by atoms with Gasteiger partial charge in [0.1, 0.15) is 5.75 Å². The maximum absolute atomic E-state index is 13.1.